The van der Waals surface area contributed by atoms with Gasteiger partial charge in [-0.3, -0.25) is 14.4 Å². The van der Waals surface area contributed by atoms with Gasteiger partial charge in [0.1, 0.15) is 0 Å². The van der Waals surface area contributed by atoms with Crippen LogP contribution in [0.3, 0.4) is 0 Å². The molecule has 25 heavy (non-hydrogen) atoms. The summed E-state index contributed by atoms with van der Waals surface area (Å²) in [6.45, 7) is 5.96. The second kappa shape index (κ2) is 7.35. The van der Waals surface area contributed by atoms with Crippen LogP contribution in [0.1, 0.15) is 31.7 Å². The fraction of sp³-hybridized carbons (Fsp3) is 0.526. The molecule has 3 amide bonds. The van der Waals surface area contributed by atoms with E-state index in [9.17, 15) is 14.4 Å². The fourth-order valence-corrected chi connectivity index (χ4v) is 3.81. The number of aryl methyl sites for hydroxylation is 1. The first-order valence-electron chi connectivity index (χ1n) is 8.98. The van der Waals surface area contributed by atoms with E-state index >= 15 is 0 Å². The van der Waals surface area contributed by atoms with E-state index in [-0.39, 0.29) is 23.8 Å². The van der Waals surface area contributed by atoms with Gasteiger partial charge < -0.3 is 10.2 Å². The van der Waals surface area contributed by atoms with Crippen LogP contribution in [0.4, 0.5) is 5.69 Å². The van der Waals surface area contributed by atoms with Crippen molar-refractivity contribution in [2.75, 3.05) is 24.5 Å². The van der Waals surface area contributed by atoms with E-state index in [1.807, 2.05) is 31.2 Å². The summed E-state index contributed by atoms with van der Waals surface area (Å²) >= 11 is 0. The molecule has 2 aliphatic heterocycles. The molecule has 2 fully saturated rings. The van der Waals surface area contributed by atoms with Crippen LogP contribution >= 0.6 is 0 Å². The van der Waals surface area contributed by atoms with Gasteiger partial charge in [-0.05, 0) is 25.0 Å². The number of imide groups is 1. The van der Waals surface area contributed by atoms with Gasteiger partial charge in [-0.1, -0.05) is 17.7 Å². The molecular formula is C19H26N3O3+. The molecule has 3 rings (SSSR count). The Balaban J connectivity index is 1.61. The molecule has 1 atom stereocenters. The van der Waals surface area contributed by atoms with Gasteiger partial charge in [0.2, 0.25) is 11.8 Å². The molecule has 2 saturated heterocycles. The van der Waals surface area contributed by atoms with Gasteiger partial charge in [0.05, 0.1) is 25.2 Å². The first kappa shape index (κ1) is 17.6. The van der Waals surface area contributed by atoms with Crippen LogP contribution < -0.4 is 15.1 Å². The monoisotopic (exact) mass is 344 g/mol. The lowest BCUT2D eigenvalue weighted by Gasteiger charge is -2.32. The highest BCUT2D eigenvalue weighted by atomic mass is 16.2. The Bertz CT molecular complexity index is 663. The number of nitrogens with one attached hydrogen (secondary N) is 2. The minimum absolute atomic E-state index is 0.0000774. The Morgan fingerprint density at radius 2 is 1.84 bits per heavy atom. The summed E-state index contributed by atoms with van der Waals surface area (Å²) in [5.41, 5.74) is 1.77. The van der Waals surface area contributed by atoms with Gasteiger partial charge >= 0.3 is 0 Å². The van der Waals surface area contributed by atoms with Crippen molar-refractivity contribution in [3.63, 3.8) is 0 Å². The number of benzene rings is 1. The lowest BCUT2D eigenvalue weighted by Crippen LogP contribution is -3.17. The minimum atomic E-state index is -0.268. The Kier molecular flexibility index (Phi) is 5.18. The number of hydrogen-bond donors (Lipinski definition) is 2. The fourth-order valence-electron chi connectivity index (χ4n) is 3.81. The van der Waals surface area contributed by atoms with Gasteiger partial charge in [0.25, 0.3) is 5.91 Å². The Hall–Kier alpha value is -2.21. The normalized spacial score (nSPS) is 26.8. The summed E-state index contributed by atoms with van der Waals surface area (Å²) in [6, 6.07) is 7.24. The summed E-state index contributed by atoms with van der Waals surface area (Å²) in [5, 5.41) is 2.87. The molecule has 0 saturated carbocycles. The van der Waals surface area contributed by atoms with Gasteiger partial charge in [-0.15, -0.1) is 0 Å². The molecule has 0 aromatic heterocycles. The summed E-state index contributed by atoms with van der Waals surface area (Å²) in [7, 11) is 0. The zero-order valence-electron chi connectivity index (χ0n) is 14.9. The third-order valence-corrected chi connectivity index (χ3v) is 5.32. The van der Waals surface area contributed by atoms with Crippen LogP contribution in [0.5, 0.6) is 0 Å². The largest absolute Gasteiger partial charge is 0.356 e. The van der Waals surface area contributed by atoms with E-state index in [1.54, 1.807) is 0 Å². The standard InChI is InChI=1S/C19H25N3O3/c1-13-3-5-16(6-4-13)22-18(24)11-17(19(22)25)21-9-7-15(8-10-21)12-20-14(2)23/h3-6,15,17H,7-12H2,1-2H3,(H,20,23)/p+1/t17-/m1/s1. The van der Waals surface area contributed by atoms with Crippen LogP contribution in [0.2, 0.25) is 0 Å². The van der Waals surface area contributed by atoms with Gasteiger partial charge in [0.15, 0.2) is 6.04 Å². The topological polar surface area (TPSA) is 70.9 Å². The zero-order valence-corrected chi connectivity index (χ0v) is 14.9. The van der Waals surface area contributed by atoms with E-state index in [4.69, 9.17) is 0 Å². The van der Waals surface area contributed by atoms with Crippen molar-refractivity contribution >= 4 is 23.4 Å². The Morgan fingerprint density at radius 3 is 2.44 bits per heavy atom. The molecule has 2 heterocycles. The van der Waals surface area contributed by atoms with E-state index in [2.05, 4.69) is 5.32 Å². The maximum absolute atomic E-state index is 12.8. The molecule has 0 spiro atoms. The third-order valence-electron chi connectivity index (χ3n) is 5.32. The highest BCUT2D eigenvalue weighted by Gasteiger charge is 2.46. The highest BCUT2D eigenvalue weighted by molar-refractivity contribution is 6.21. The molecule has 2 N–H and O–H groups in total. The molecule has 1 aromatic carbocycles. The Labute approximate surface area is 148 Å². The number of quaternary nitrogens is 1. The van der Waals surface area contributed by atoms with Crippen molar-refractivity contribution in [2.45, 2.75) is 39.2 Å². The van der Waals surface area contributed by atoms with E-state index in [0.29, 0.717) is 24.6 Å². The Morgan fingerprint density at radius 1 is 1.20 bits per heavy atom. The lowest BCUT2D eigenvalue weighted by atomic mass is 9.95. The number of likely N-dealkylation sites (tertiary alicyclic amines) is 1. The number of amides is 3. The molecule has 2 aliphatic rings. The SMILES string of the molecule is CC(=O)NCC1CC[NH+]([C@@H]2CC(=O)N(c3ccc(C)cc3)C2=O)CC1. The number of anilines is 1. The summed E-state index contributed by atoms with van der Waals surface area (Å²) in [6.07, 6.45) is 2.23. The maximum atomic E-state index is 12.8. The maximum Gasteiger partial charge on any atom is 0.292 e. The van der Waals surface area contributed by atoms with Crippen LogP contribution in [0.15, 0.2) is 24.3 Å². The van der Waals surface area contributed by atoms with Crippen molar-refractivity contribution < 1.29 is 19.3 Å². The molecule has 1 aromatic rings. The van der Waals surface area contributed by atoms with Crippen molar-refractivity contribution in [3.05, 3.63) is 29.8 Å². The smallest absolute Gasteiger partial charge is 0.292 e. The predicted molar refractivity (Wildman–Crippen MR) is 94.2 cm³/mol. The third kappa shape index (κ3) is 3.90. The quantitative estimate of drug-likeness (QED) is 0.759. The summed E-state index contributed by atoms with van der Waals surface area (Å²) < 4.78 is 0. The summed E-state index contributed by atoms with van der Waals surface area (Å²) in [5.74, 6) is 0.282. The number of rotatable bonds is 4. The van der Waals surface area contributed by atoms with Gasteiger partial charge in [-0.25, -0.2) is 4.90 Å². The second-order valence-electron chi connectivity index (χ2n) is 7.20. The highest BCUT2D eigenvalue weighted by Crippen LogP contribution is 2.22. The van der Waals surface area contributed by atoms with Gasteiger partial charge in [-0.2, -0.15) is 0 Å². The number of carbonyl (C=O) groups excluding carboxylic acids is 3. The lowest BCUT2D eigenvalue weighted by molar-refractivity contribution is -0.920. The molecule has 0 bridgehead atoms. The number of carbonyl (C=O) groups is 3. The van der Waals surface area contributed by atoms with Crippen LogP contribution in [-0.4, -0.2) is 43.4 Å². The van der Waals surface area contributed by atoms with E-state index < -0.39 is 0 Å². The second-order valence-corrected chi connectivity index (χ2v) is 7.20. The van der Waals surface area contributed by atoms with Gasteiger partial charge in [0, 0.05) is 26.3 Å². The molecule has 0 radical (unpaired) electrons. The molecule has 134 valence electrons. The average Bonchev–Trinajstić information content (AvgIpc) is 2.89. The van der Waals surface area contributed by atoms with E-state index in [1.165, 1.54) is 16.7 Å². The molecule has 0 aliphatic carbocycles. The predicted octanol–water partition coefficient (Wildman–Crippen LogP) is 0.0579. The molecule has 0 unspecified atom stereocenters. The van der Waals surface area contributed by atoms with Crippen LogP contribution in [-0.2, 0) is 14.4 Å². The molecule has 6 nitrogen and oxygen atoms in total. The first-order valence-corrected chi connectivity index (χ1v) is 8.98. The molecular weight excluding hydrogens is 318 g/mol. The zero-order chi connectivity index (χ0) is 18.0. The van der Waals surface area contributed by atoms with Crippen LogP contribution in [0.25, 0.3) is 0 Å². The van der Waals surface area contributed by atoms with Crippen LogP contribution in [0, 0.1) is 12.8 Å². The van der Waals surface area contributed by atoms with Crippen molar-refractivity contribution in [2.24, 2.45) is 5.92 Å². The minimum Gasteiger partial charge on any atom is -0.356 e. The van der Waals surface area contributed by atoms with Crippen molar-refractivity contribution in [1.29, 1.82) is 0 Å². The summed E-state index contributed by atoms with van der Waals surface area (Å²) in [4.78, 5) is 38.8. The van der Waals surface area contributed by atoms with Crippen molar-refractivity contribution in [1.82, 2.24) is 5.32 Å². The number of nitrogens with zero attached hydrogens (tertiary/aromatic N) is 1. The van der Waals surface area contributed by atoms with E-state index in [0.717, 1.165) is 31.5 Å². The first-order chi connectivity index (χ1) is 12.0. The number of hydrogen-bond acceptors (Lipinski definition) is 3. The average molecular weight is 344 g/mol. The van der Waals surface area contributed by atoms with Crippen molar-refractivity contribution in [3.8, 4) is 0 Å². The number of piperidine rings is 1. The molecule has 6 heteroatoms.